The lowest BCUT2D eigenvalue weighted by Crippen LogP contribution is -2.44. The summed E-state index contributed by atoms with van der Waals surface area (Å²) in [7, 11) is 0. The molecule has 2 aromatic carbocycles. The molecule has 0 radical (unpaired) electrons. The molecule has 1 heterocycles. The molecule has 1 aliphatic rings. The van der Waals surface area contributed by atoms with Crippen LogP contribution in [0.5, 0.6) is 0 Å². The molecular weight excluding hydrogens is 308 g/mol. The van der Waals surface area contributed by atoms with E-state index in [0.717, 1.165) is 18.7 Å². The van der Waals surface area contributed by atoms with Gasteiger partial charge >= 0.3 is 0 Å². The number of amides is 1. The van der Waals surface area contributed by atoms with E-state index >= 15 is 0 Å². The Hall–Kier alpha value is -2.13. The van der Waals surface area contributed by atoms with Crippen molar-refractivity contribution in [2.45, 2.75) is 38.1 Å². The maximum Gasteiger partial charge on any atom is 0.230 e. The molecule has 0 aromatic heterocycles. The summed E-state index contributed by atoms with van der Waals surface area (Å²) >= 11 is 0. The van der Waals surface area contributed by atoms with Gasteiger partial charge in [0.05, 0.1) is 11.5 Å². The average molecular weight is 336 g/mol. The number of nitrogens with zero attached hydrogens (tertiary/aromatic N) is 1. The van der Waals surface area contributed by atoms with Crippen LogP contribution >= 0.6 is 0 Å². The topological polar surface area (TPSA) is 32.3 Å². The maximum atomic E-state index is 12.9. The van der Waals surface area contributed by atoms with E-state index in [1.807, 2.05) is 50.2 Å². The lowest BCUT2D eigenvalue weighted by Gasteiger charge is -2.30. The molecule has 1 amide bonds. The van der Waals surface area contributed by atoms with Crippen LogP contribution in [0.25, 0.3) is 0 Å². The highest BCUT2D eigenvalue weighted by molar-refractivity contribution is 5.87. The Labute approximate surface area is 151 Å². The quantitative estimate of drug-likeness (QED) is 0.867. The summed E-state index contributed by atoms with van der Waals surface area (Å²) in [6.07, 6.45) is 2.49. The smallest absolute Gasteiger partial charge is 0.230 e. The van der Waals surface area contributed by atoms with Crippen molar-refractivity contribution in [3.05, 3.63) is 71.8 Å². The second kappa shape index (κ2) is 7.83. The van der Waals surface area contributed by atoms with Crippen LogP contribution < -0.4 is 5.32 Å². The third-order valence-corrected chi connectivity index (χ3v) is 5.28. The van der Waals surface area contributed by atoms with E-state index in [0.29, 0.717) is 6.54 Å². The van der Waals surface area contributed by atoms with Crippen LogP contribution in [-0.4, -0.2) is 30.4 Å². The van der Waals surface area contributed by atoms with Crippen LogP contribution in [0.4, 0.5) is 0 Å². The molecule has 1 atom stereocenters. The summed E-state index contributed by atoms with van der Waals surface area (Å²) in [4.78, 5) is 15.4. The third kappa shape index (κ3) is 4.10. The summed E-state index contributed by atoms with van der Waals surface area (Å²) in [5.41, 5.74) is 1.79. The zero-order valence-corrected chi connectivity index (χ0v) is 15.2. The first kappa shape index (κ1) is 17.7. The van der Waals surface area contributed by atoms with Gasteiger partial charge in [-0.2, -0.15) is 0 Å². The van der Waals surface area contributed by atoms with Crippen molar-refractivity contribution < 1.29 is 4.79 Å². The van der Waals surface area contributed by atoms with Crippen molar-refractivity contribution >= 4 is 5.91 Å². The van der Waals surface area contributed by atoms with Crippen LogP contribution in [0.1, 0.15) is 43.9 Å². The van der Waals surface area contributed by atoms with Gasteiger partial charge in [0.15, 0.2) is 0 Å². The number of hydrogen-bond acceptors (Lipinski definition) is 2. The Morgan fingerprint density at radius 1 is 1.00 bits per heavy atom. The molecule has 25 heavy (non-hydrogen) atoms. The molecule has 1 saturated heterocycles. The highest BCUT2D eigenvalue weighted by atomic mass is 16.2. The molecule has 1 fully saturated rings. The Morgan fingerprint density at radius 3 is 2.16 bits per heavy atom. The monoisotopic (exact) mass is 336 g/mol. The molecule has 1 unspecified atom stereocenters. The van der Waals surface area contributed by atoms with E-state index in [2.05, 4.69) is 34.5 Å². The molecule has 3 heteroatoms. The van der Waals surface area contributed by atoms with E-state index in [4.69, 9.17) is 0 Å². The minimum absolute atomic E-state index is 0.0822. The molecule has 1 N–H and O–H groups in total. The Morgan fingerprint density at radius 2 is 1.56 bits per heavy atom. The van der Waals surface area contributed by atoms with Gasteiger partial charge in [-0.1, -0.05) is 60.7 Å². The first-order chi connectivity index (χ1) is 12.1. The van der Waals surface area contributed by atoms with Gasteiger partial charge in [-0.05, 0) is 50.9 Å². The highest BCUT2D eigenvalue weighted by Crippen LogP contribution is 2.26. The summed E-state index contributed by atoms with van der Waals surface area (Å²) in [6.45, 7) is 6.85. The van der Waals surface area contributed by atoms with Crippen LogP contribution in [0, 0.1) is 0 Å². The van der Waals surface area contributed by atoms with Crippen LogP contribution in [-0.2, 0) is 10.2 Å². The van der Waals surface area contributed by atoms with Gasteiger partial charge in [0, 0.05) is 6.54 Å². The first-order valence-corrected chi connectivity index (χ1v) is 9.22. The Balaban J connectivity index is 1.71. The van der Waals surface area contributed by atoms with Gasteiger partial charge < -0.3 is 5.32 Å². The van der Waals surface area contributed by atoms with E-state index in [1.54, 1.807) is 0 Å². The number of nitrogens with one attached hydrogen (secondary N) is 1. The predicted octanol–water partition coefficient (Wildman–Crippen LogP) is 3.92. The van der Waals surface area contributed by atoms with Crippen molar-refractivity contribution in [2.75, 3.05) is 19.6 Å². The minimum atomic E-state index is -0.534. The molecule has 1 aliphatic heterocycles. The zero-order chi connectivity index (χ0) is 17.7. The predicted molar refractivity (Wildman–Crippen MR) is 102 cm³/mol. The summed E-state index contributed by atoms with van der Waals surface area (Å²) < 4.78 is 0. The summed E-state index contributed by atoms with van der Waals surface area (Å²) in [6, 6.07) is 20.8. The summed E-state index contributed by atoms with van der Waals surface area (Å²) in [5.74, 6) is 0.0822. The minimum Gasteiger partial charge on any atom is -0.353 e. The highest BCUT2D eigenvalue weighted by Gasteiger charge is 2.31. The number of hydrogen-bond donors (Lipinski definition) is 1. The number of carbonyl (C=O) groups is 1. The Kier molecular flexibility index (Phi) is 5.54. The first-order valence-electron chi connectivity index (χ1n) is 9.22. The molecule has 0 saturated carbocycles. The van der Waals surface area contributed by atoms with Gasteiger partial charge in [-0.3, -0.25) is 9.69 Å². The van der Waals surface area contributed by atoms with E-state index in [1.165, 1.54) is 18.4 Å². The van der Waals surface area contributed by atoms with E-state index < -0.39 is 5.41 Å². The molecule has 0 spiro atoms. The van der Waals surface area contributed by atoms with Crippen molar-refractivity contribution in [3.8, 4) is 0 Å². The fourth-order valence-electron chi connectivity index (χ4n) is 3.58. The van der Waals surface area contributed by atoms with Crippen molar-refractivity contribution in [3.63, 3.8) is 0 Å². The lowest BCUT2D eigenvalue weighted by atomic mass is 9.83. The van der Waals surface area contributed by atoms with Gasteiger partial charge in [-0.15, -0.1) is 0 Å². The van der Waals surface area contributed by atoms with E-state index in [-0.39, 0.29) is 11.9 Å². The fraction of sp³-hybridized carbons (Fsp3) is 0.409. The fourth-order valence-corrected chi connectivity index (χ4v) is 3.58. The largest absolute Gasteiger partial charge is 0.353 e. The summed E-state index contributed by atoms with van der Waals surface area (Å²) in [5, 5.41) is 3.22. The van der Waals surface area contributed by atoms with Gasteiger partial charge in [0.25, 0.3) is 0 Å². The molecular formula is C22H28N2O. The number of likely N-dealkylation sites (tertiary alicyclic amines) is 1. The van der Waals surface area contributed by atoms with Crippen LogP contribution in [0.3, 0.4) is 0 Å². The van der Waals surface area contributed by atoms with Crippen molar-refractivity contribution in [1.82, 2.24) is 10.2 Å². The third-order valence-electron chi connectivity index (χ3n) is 5.28. The lowest BCUT2D eigenvalue weighted by molar-refractivity contribution is -0.125. The van der Waals surface area contributed by atoms with E-state index in [9.17, 15) is 4.79 Å². The van der Waals surface area contributed by atoms with Gasteiger partial charge in [0.1, 0.15) is 0 Å². The Bertz CT molecular complexity index is 676. The average Bonchev–Trinajstić information content (AvgIpc) is 3.18. The standard InChI is InChI=1S/C22H28N2O/c1-22(2,19-13-7-4-8-14-19)21(25)23-17-20(24-15-9-10-16-24)18-11-5-3-6-12-18/h3-8,11-14,20H,9-10,15-17H2,1-2H3,(H,23,25). The maximum absolute atomic E-state index is 12.9. The van der Waals surface area contributed by atoms with Crippen molar-refractivity contribution in [2.24, 2.45) is 0 Å². The van der Waals surface area contributed by atoms with Crippen LogP contribution in [0.2, 0.25) is 0 Å². The van der Waals surface area contributed by atoms with Crippen LogP contribution in [0.15, 0.2) is 60.7 Å². The molecule has 0 aliphatic carbocycles. The molecule has 132 valence electrons. The molecule has 2 aromatic rings. The number of carbonyl (C=O) groups excluding carboxylic acids is 1. The second-order valence-corrected chi connectivity index (χ2v) is 7.37. The van der Waals surface area contributed by atoms with Gasteiger partial charge in [0.2, 0.25) is 5.91 Å². The second-order valence-electron chi connectivity index (χ2n) is 7.37. The SMILES string of the molecule is CC(C)(C(=O)NCC(c1ccccc1)N1CCCC1)c1ccccc1. The molecule has 0 bridgehead atoms. The van der Waals surface area contributed by atoms with Crippen molar-refractivity contribution in [1.29, 1.82) is 0 Å². The normalized spacial score (nSPS) is 16.6. The number of benzene rings is 2. The zero-order valence-electron chi connectivity index (χ0n) is 15.2. The number of rotatable bonds is 6. The molecule has 3 rings (SSSR count). The molecule has 3 nitrogen and oxygen atoms in total. The van der Waals surface area contributed by atoms with Gasteiger partial charge in [-0.25, -0.2) is 0 Å².